The molecule has 0 aromatic heterocycles. The molecule has 7 heteroatoms. The number of carbonyl (C=O) groups is 1. The number of nitrogens with one attached hydrogen (secondary N) is 2. The van der Waals surface area contributed by atoms with Crippen LogP contribution in [0.25, 0.3) is 0 Å². The molecule has 1 heterocycles. The average Bonchev–Trinajstić information content (AvgIpc) is 2.75. The van der Waals surface area contributed by atoms with E-state index in [1.165, 1.54) is 0 Å². The molecular weight excluding hydrogens is 400 g/mol. The largest absolute Gasteiger partial charge is 0.457 e. The van der Waals surface area contributed by atoms with Crippen molar-refractivity contribution in [3.63, 3.8) is 0 Å². The van der Waals surface area contributed by atoms with E-state index in [4.69, 9.17) is 4.74 Å². The summed E-state index contributed by atoms with van der Waals surface area (Å²) in [5.41, 5.74) is 2.56. The Hall–Kier alpha value is -3.16. The van der Waals surface area contributed by atoms with Crippen LogP contribution in [0.5, 0.6) is 11.5 Å². The van der Waals surface area contributed by atoms with Crippen molar-refractivity contribution in [2.75, 3.05) is 13.1 Å². The number of rotatable bonds is 6. The van der Waals surface area contributed by atoms with Crippen molar-refractivity contribution >= 4 is 15.9 Å². The first-order chi connectivity index (χ1) is 14.5. The number of aryl methyl sites for hydroxylation is 1. The number of fused-ring (bicyclic) bond motifs is 2. The molecule has 0 saturated carbocycles. The summed E-state index contributed by atoms with van der Waals surface area (Å²) in [5.74, 6) is 0.584. The summed E-state index contributed by atoms with van der Waals surface area (Å²) in [7, 11) is -3.62. The number of sulfonamides is 1. The number of hydrogen-bond acceptors (Lipinski definition) is 4. The Balaban J connectivity index is 1.43. The van der Waals surface area contributed by atoms with Gasteiger partial charge in [0.25, 0.3) is 0 Å². The molecule has 0 spiro atoms. The molecule has 1 amide bonds. The highest BCUT2D eigenvalue weighted by Gasteiger charge is 2.32. The molecule has 0 fully saturated rings. The van der Waals surface area contributed by atoms with Gasteiger partial charge in [-0.1, -0.05) is 54.1 Å². The van der Waals surface area contributed by atoms with Crippen LogP contribution >= 0.6 is 0 Å². The van der Waals surface area contributed by atoms with Crippen LogP contribution in [0.2, 0.25) is 0 Å². The van der Waals surface area contributed by atoms with Crippen molar-refractivity contribution in [1.29, 1.82) is 0 Å². The van der Waals surface area contributed by atoms with Crippen molar-refractivity contribution in [2.24, 2.45) is 0 Å². The van der Waals surface area contributed by atoms with E-state index in [9.17, 15) is 13.2 Å². The fraction of sp³-hybridized carbons (Fsp3) is 0.174. The second kappa shape index (κ2) is 8.30. The van der Waals surface area contributed by atoms with E-state index in [1.807, 2.05) is 55.5 Å². The van der Waals surface area contributed by atoms with Crippen molar-refractivity contribution in [1.82, 2.24) is 10.0 Å². The Morgan fingerprint density at radius 2 is 1.43 bits per heavy atom. The lowest BCUT2D eigenvalue weighted by atomic mass is 9.87. The first kappa shape index (κ1) is 20.1. The maximum Gasteiger partial charge on any atom is 0.240 e. The first-order valence-corrected chi connectivity index (χ1v) is 11.1. The summed E-state index contributed by atoms with van der Waals surface area (Å²) in [6.07, 6.45) is 0. The zero-order valence-electron chi connectivity index (χ0n) is 16.5. The van der Waals surface area contributed by atoms with E-state index in [-0.39, 0.29) is 23.9 Å². The topological polar surface area (TPSA) is 84.5 Å². The monoisotopic (exact) mass is 422 g/mol. The summed E-state index contributed by atoms with van der Waals surface area (Å²) in [6.45, 7) is 2.16. The fourth-order valence-corrected chi connectivity index (χ4v) is 4.50. The molecule has 0 radical (unpaired) electrons. The van der Waals surface area contributed by atoms with Crippen LogP contribution in [0, 0.1) is 6.92 Å². The predicted molar refractivity (Wildman–Crippen MR) is 114 cm³/mol. The van der Waals surface area contributed by atoms with Gasteiger partial charge in [-0.05, 0) is 31.2 Å². The SMILES string of the molecule is Cc1ccc(S(=O)(=O)NCCNC(=O)C2c3ccccc3Oc3ccccc32)cc1. The van der Waals surface area contributed by atoms with Crippen LogP contribution < -0.4 is 14.8 Å². The van der Waals surface area contributed by atoms with Gasteiger partial charge in [0.1, 0.15) is 11.5 Å². The Morgan fingerprint density at radius 1 is 0.867 bits per heavy atom. The number of ether oxygens (including phenoxy) is 1. The van der Waals surface area contributed by atoms with E-state index in [1.54, 1.807) is 24.3 Å². The lowest BCUT2D eigenvalue weighted by Gasteiger charge is -2.27. The van der Waals surface area contributed by atoms with Crippen molar-refractivity contribution in [2.45, 2.75) is 17.7 Å². The molecule has 0 bridgehead atoms. The van der Waals surface area contributed by atoms with Gasteiger partial charge in [0.2, 0.25) is 15.9 Å². The molecule has 4 rings (SSSR count). The van der Waals surface area contributed by atoms with E-state index in [0.717, 1.165) is 16.7 Å². The Kier molecular flexibility index (Phi) is 5.57. The van der Waals surface area contributed by atoms with Gasteiger partial charge in [-0.2, -0.15) is 0 Å². The van der Waals surface area contributed by atoms with Gasteiger partial charge in [0, 0.05) is 24.2 Å². The minimum atomic E-state index is -3.62. The normalized spacial score (nSPS) is 13.1. The number of carbonyl (C=O) groups excluding carboxylic acids is 1. The van der Waals surface area contributed by atoms with Gasteiger partial charge >= 0.3 is 0 Å². The van der Waals surface area contributed by atoms with Crippen molar-refractivity contribution in [3.05, 3.63) is 89.5 Å². The highest BCUT2D eigenvalue weighted by atomic mass is 32.2. The third kappa shape index (κ3) is 4.08. The van der Waals surface area contributed by atoms with Crippen molar-refractivity contribution < 1.29 is 17.9 Å². The Labute approximate surface area is 176 Å². The fourth-order valence-electron chi connectivity index (χ4n) is 3.47. The third-order valence-corrected chi connectivity index (χ3v) is 6.47. The van der Waals surface area contributed by atoms with Gasteiger partial charge in [0.15, 0.2) is 0 Å². The van der Waals surface area contributed by atoms with E-state index in [2.05, 4.69) is 10.0 Å². The van der Waals surface area contributed by atoms with Gasteiger partial charge in [0.05, 0.1) is 10.8 Å². The smallest absolute Gasteiger partial charge is 0.240 e. The molecule has 0 aliphatic carbocycles. The molecule has 1 aliphatic rings. The summed E-state index contributed by atoms with van der Waals surface area (Å²) in [4.78, 5) is 13.2. The molecule has 0 unspecified atom stereocenters. The second-order valence-corrected chi connectivity index (χ2v) is 8.88. The molecule has 3 aromatic carbocycles. The Morgan fingerprint density at radius 3 is 2.03 bits per heavy atom. The van der Waals surface area contributed by atoms with Gasteiger partial charge in [-0.15, -0.1) is 0 Å². The molecule has 6 nitrogen and oxygen atoms in total. The first-order valence-electron chi connectivity index (χ1n) is 9.65. The highest BCUT2D eigenvalue weighted by Crippen LogP contribution is 2.43. The standard InChI is InChI=1S/C23H22N2O4S/c1-16-10-12-17(13-11-16)30(27,28)25-15-14-24-23(26)22-18-6-2-4-8-20(18)29-21-9-5-3-7-19(21)22/h2-13,22,25H,14-15H2,1H3,(H,24,26). The van der Waals surface area contributed by atoms with Gasteiger partial charge in [-0.3, -0.25) is 4.79 Å². The van der Waals surface area contributed by atoms with Crippen LogP contribution in [0.15, 0.2) is 77.7 Å². The summed E-state index contributed by atoms with van der Waals surface area (Å²) >= 11 is 0. The number of amides is 1. The van der Waals surface area contributed by atoms with E-state index < -0.39 is 15.9 Å². The van der Waals surface area contributed by atoms with Crippen LogP contribution in [0.4, 0.5) is 0 Å². The second-order valence-electron chi connectivity index (χ2n) is 7.11. The molecule has 0 saturated heterocycles. The molecule has 0 atom stereocenters. The number of para-hydroxylation sites is 2. The molecule has 30 heavy (non-hydrogen) atoms. The van der Waals surface area contributed by atoms with Gasteiger partial charge < -0.3 is 10.1 Å². The molecule has 2 N–H and O–H groups in total. The summed E-state index contributed by atoms with van der Waals surface area (Å²) in [6, 6.07) is 21.5. The quantitative estimate of drug-likeness (QED) is 0.597. The number of benzene rings is 3. The van der Waals surface area contributed by atoms with Crippen LogP contribution in [-0.2, 0) is 14.8 Å². The molecule has 3 aromatic rings. The maximum absolute atomic E-state index is 13.0. The molecule has 1 aliphatic heterocycles. The molecular formula is C23H22N2O4S. The third-order valence-electron chi connectivity index (χ3n) is 4.99. The minimum absolute atomic E-state index is 0.0917. The summed E-state index contributed by atoms with van der Waals surface area (Å²) in [5, 5.41) is 2.85. The minimum Gasteiger partial charge on any atom is -0.457 e. The zero-order valence-corrected chi connectivity index (χ0v) is 17.3. The van der Waals surface area contributed by atoms with Crippen molar-refractivity contribution in [3.8, 4) is 11.5 Å². The lowest BCUT2D eigenvalue weighted by molar-refractivity contribution is -0.121. The lowest BCUT2D eigenvalue weighted by Crippen LogP contribution is -2.37. The zero-order chi connectivity index (χ0) is 21.1. The van der Waals surface area contributed by atoms with E-state index in [0.29, 0.717) is 11.5 Å². The average molecular weight is 423 g/mol. The maximum atomic E-state index is 13.0. The van der Waals surface area contributed by atoms with Crippen LogP contribution in [-0.4, -0.2) is 27.4 Å². The molecule has 154 valence electrons. The van der Waals surface area contributed by atoms with Crippen LogP contribution in [0.1, 0.15) is 22.6 Å². The summed E-state index contributed by atoms with van der Waals surface area (Å²) < 4.78 is 33.2. The Bertz CT molecular complexity index is 1130. The predicted octanol–water partition coefficient (Wildman–Crippen LogP) is 3.33. The van der Waals surface area contributed by atoms with E-state index >= 15 is 0 Å². The van der Waals surface area contributed by atoms with Gasteiger partial charge in [-0.25, -0.2) is 13.1 Å². The van der Waals surface area contributed by atoms with Crippen LogP contribution in [0.3, 0.4) is 0 Å². The number of hydrogen-bond donors (Lipinski definition) is 2. The highest BCUT2D eigenvalue weighted by molar-refractivity contribution is 7.89.